The Labute approximate surface area is 169 Å². The Balaban J connectivity index is 1.79. The van der Waals surface area contributed by atoms with Gasteiger partial charge in [-0.2, -0.15) is 0 Å². The molecule has 1 fully saturated rings. The van der Waals surface area contributed by atoms with Crippen molar-refractivity contribution in [2.45, 2.75) is 32.2 Å². The smallest absolute Gasteiger partial charge is 0.273 e. The number of aromatic nitrogens is 4. The van der Waals surface area contributed by atoms with Gasteiger partial charge >= 0.3 is 0 Å². The van der Waals surface area contributed by atoms with Crippen molar-refractivity contribution >= 4 is 11.9 Å². The van der Waals surface area contributed by atoms with Gasteiger partial charge in [-0.1, -0.05) is 11.2 Å². The number of carbonyl (C=O) groups is 1. The highest BCUT2D eigenvalue weighted by molar-refractivity contribution is 5.92. The predicted octanol–water partition coefficient (Wildman–Crippen LogP) is 3.27. The van der Waals surface area contributed by atoms with Crippen LogP contribution in [-0.2, 0) is 0 Å². The number of amides is 1. The molecule has 1 saturated heterocycles. The highest BCUT2D eigenvalue weighted by atomic mass is 16.5. The van der Waals surface area contributed by atoms with E-state index in [4.69, 9.17) is 9.51 Å². The van der Waals surface area contributed by atoms with Gasteiger partial charge in [0.15, 0.2) is 5.76 Å². The number of hydrogen-bond acceptors (Lipinski definition) is 7. The number of hydrogen-bond donors (Lipinski definition) is 0. The number of rotatable bonds is 4. The molecule has 0 spiro atoms. The molecular weight excluding hydrogens is 368 g/mol. The largest absolute Gasteiger partial charge is 0.356 e. The Morgan fingerprint density at radius 1 is 1.24 bits per heavy atom. The van der Waals surface area contributed by atoms with Gasteiger partial charge in [-0.3, -0.25) is 9.78 Å². The molecule has 1 amide bonds. The average Bonchev–Trinajstić information content (AvgIpc) is 3.19. The predicted molar refractivity (Wildman–Crippen MR) is 108 cm³/mol. The first-order valence-corrected chi connectivity index (χ1v) is 9.74. The molecule has 0 unspecified atom stereocenters. The third kappa shape index (κ3) is 3.83. The van der Waals surface area contributed by atoms with Crippen LogP contribution in [0.25, 0.3) is 11.3 Å². The lowest BCUT2D eigenvalue weighted by Crippen LogP contribution is -2.39. The minimum atomic E-state index is -0.180. The monoisotopic (exact) mass is 392 g/mol. The maximum absolute atomic E-state index is 13.2. The quantitative estimate of drug-likeness (QED) is 0.673. The van der Waals surface area contributed by atoms with Crippen LogP contribution in [0.2, 0.25) is 0 Å². The summed E-state index contributed by atoms with van der Waals surface area (Å²) in [6.45, 7) is 2.54. The van der Waals surface area contributed by atoms with Gasteiger partial charge in [0.05, 0.1) is 23.0 Å². The number of piperidine rings is 1. The maximum Gasteiger partial charge on any atom is 0.273 e. The molecule has 0 radical (unpaired) electrons. The van der Waals surface area contributed by atoms with E-state index in [1.54, 1.807) is 18.5 Å². The van der Waals surface area contributed by atoms with E-state index in [0.717, 1.165) is 36.2 Å². The molecule has 4 heterocycles. The van der Waals surface area contributed by atoms with Crippen molar-refractivity contribution in [3.63, 3.8) is 0 Å². The lowest BCUT2D eigenvalue weighted by atomic mass is 9.95. The van der Waals surface area contributed by atoms with Crippen LogP contribution in [0.3, 0.4) is 0 Å². The molecule has 8 nitrogen and oxygen atoms in total. The molecule has 0 saturated carbocycles. The average molecular weight is 392 g/mol. The maximum atomic E-state index is 13.2. The summed E-state index contributed by atoms with van der Waals surface area (Å²) < 4.78 is 5.50. The molecule has 1 aliphatic heterocycles. The highest BCUT2D eigenvalue weighted by Crippen LogP contribution is 2.37. The van der Waals surface area contributed by atoms with Crippen molar-refractivity contribution in [3.05, 3.63) is 53.7 Å². The fraction of sp³-hybridized carbons (Fsp3) is 0.381. The van der Waals surface area contributed by atoms with Crippen molar-refractivity contribution in [3.8, 4) is 11.3 Å². The van der Waals surface area contributed by atoms with Crippen LogP contribution >= 0.6 is 0 Å². The van der Waals surface area contributed by atoms with E-state index in [9.17, 15) is 4.79 Å². The van der Waals surface area contributed by atoms with Crippen LogP contribution in [0.5, 0.6) is 0 Å². The van der Waals surface area contributed by atoms with Gasteiger partial charge < -0.3 is 14.3 Å². The summed E-state index contributed by atoms with van der Waals surface area (Å²) in [6, 6.07) is 7.07. The molecule has 0 bridgehead atoms. The molecule has 29 heavy (non-hydrogen) atoms. The van der Waals surface area contributed by atoms with E-state index in [0.29, 0.717) is 23.9 Å². The molecule has 3 aromatic heterocycles. The van der Waals surface area contributed by atoms with Gasteiger partial charge in [0, 0.05) is 39.1 Å². The number of likely N-dealkylation sites (tertiary alicyclic amines) is 1. The fourth-order valence-electron chi connectivity index (χ4n) is 3.63. The summed E-state index contributed by atoms with van der Waals surface area (Å²) in [5, 5.41) is 4.01. The van der Waals surface area contributed by atoms with Crippen LogP contribution in [0.4, 0.5) is 5.95 Å². The molecule has 0 aromatic carbocycles. The molecule has 3 aromatic rings. The minimum Gasteiger partial charge on any atom is -0.356 e. The molecule has 150 valence electrons. The minimum absolute atomic E-state index is 0.0833. The van der Waals surface area contributed by atoms with Gasteiger partial charge in [0.2, 0.25) is 5.95 Å². The number of nitrogens with zero attached hydrogens (tertiary/aromatic N) is 6. The van der Waals surface area contributed by atoms with Gasteiger partial charge in [-0.25, -0.2) is 9.97 Å². The first-order chi connectivity index (χ1) is 14.0. The molecule has 4 rings (SSSR count). The summed E-state index contributed by atoms with van der Waals surface area (Å²) in [6.07, 6.45) is 6.20. The summed E-state index contributed by atoms with van der Waals surface area (Å²) >= 11 is 0. The van der Waals surface area contributed by atoms with Gasteiger partial charge in [-0.15, -0.1) is 0 Å². The zero-order valence-electron chi connectivity index (χ0n) is 16.9. The van der Waals surface area contributed by atoms with E-state index >= 15 is 0 Å². The Morgan fingerprint density at radius 2 is 2.10 bits per heavy atom. The zero-order chi connectivity index (χ0) is 20.4. The first-order valence-electron chi connectivity index (χ1n) is 9.74. The second-order valence-corrected chi connectivity index (χ2v) is 7.42. The Bertz CT molecular complexity index is 1000. The Hall–Kier alpha value is -3.29. The van der Waals surface area contributed by atoms with E-state index < -0.39 is 0 Å². The molecule has 1 atom stereocenters. The molecule has 0 aliphatic carbocycles. The van der Waals surface area contributed by atoms with Crippen molar-refractivity contribution in [1.29, 1.82) is 0 Å². The van der Waals surface area contributed by atoms with Crippen LogP contribution < -0.4 is 4.90 Å². The molecule has 1 aliphatic rings. The van der Waals surface area contributed by atoms with E-state index in [1.807, 2.05) is 49.0 Å². The molecule has 0 N–H and O–H groups in total. The first kappa shape index (κ1) is 19.0. The summed E-state index contributed by atoms with van der Waals surface area (Å²) in [5.74, 6) is 1.12. The topological polar surface area (TPSA) is 88.3 Å². The zero-order valence-corrected chi connectivity index (χ0v) is 16.9. The summed E-state index contributed by atoms with van der Waals surface area (Å²) in [7, 11) is 3.80. The standard InChI is InChI=1S/C21H24N6O2/c1-14-12-18(29-25-14)15-13-23-21(26(2)3)24-19(15)17-9-5-7-11-27(17)20(28)16-8-4-6-10-22-16/h4,6,8,10,12-13,17H,5,7,9,11H2,1-3H3/t17-/m0/s1. The van der Waals surface area contributed by atoms with E-state index in [2.05, 4.69) is 15.1 Å². The normalized spacial score (nSPS) is 16.7. The highest BCUT2D eigenvalue weighted by Gasteiger charge is 2.33. The van der Waals surface area contributed by atoms with E-state index in [-0.39, 0.29) is 11.9 Å². The molecule has 8 heteroatoms. The SMILES string of the molecule is Cc1cc(-c2cnc(N(C)C)nc2[C@@H]2CCCCN2C(=O)c2ccccn2)on1. The van der Waals surface area contributed by atoms with Crippen LogP contribution in [0.1, 0.15) is 47.2 Å². The lowest BCUT2D eigenvalue weighted by molar-refractivity contribution is 0.0600. The lowest BCUT2D eigenvalue weighted by Gasteiger charge is -2.36. The number of pyridine rings is 1. The van der Waals surface area contributed by atoms with Crippen molar-refractivity contribution in [1.82, 2.24) is 25.0 Å². The van der Waals surface area contributed by atoms with Gasteiger partial charge in [-0.05, 0) is 38.3 Å². The van der Waals surface area contributed by atoms with E-state index in [1.165, 1.54) is 0 Å². The Kier molecular flexibility index (Phi) is 5.24. The van der Waals surface area contributed by atoms with Crippen LogP contribution in [0.15, 0.2) is 41.2 Å². The third-order valence-corrected chi connectivity index (χ3v) is 5.06. The third-order valence-electron chi connectivity index (χ3n) is 5.06. The second-order valence-electron chi connectivity index (χ2n) is 7.42. The van der Waals surface area contributed by atoms with Gasteiger partial charge in [0.25, 0.3) is 5.91 Å². The molecular formula is C21H24N6O2. The van der Waals surface area contributed by atoms with Crippen molar-refractivity contribution in [2.75, 3.05) is 25.5 Å². The summed E-state index contributed by atoms with van der Waals surface area (Å²) in [4.78, 5) is 30.5. The van der Waals surface area contributed by atoms with Crippen molar-refractivity contribution < 1.29 is 9.32 Å². The number of aryl methyl sites for hydroxylation is 1. The summed E-state index contributed by atoms with van der Waals surface area (Å²) in [5.41, 5.74) is 2.77. The number of anilines is 1. The number of carbonyl (C=O) groups excluding carboxylic acids is 1. The van der Waals surface area contributed by atoms with Crippen molar-refractivity contribution in [2.24, 2.45) is 0 Å². The van der Waals surface area contributed by atoms with Crippen LogP contribution in [0, 0.1) is 6.92 Å². The fourth-order valence-corrected chi connectivity index (χ4v) is 3.63. The Morgan fingerprint density at radius 3 is 2.79 bits per heavy atom. The van der Waals surface area contributed by atoms with Crippen LogP contribution in [-0.4, -0.2) is 51.6 Å². The van der Waals surface area contributed by atoms with Gasteiger partial charge in [0.1, 0.15) is 5.69 Å². The second kappa shape index (κ2) is 7.98.